The molecule has 1 unspecified atom stereocenters. The quantitative estimate of drug-likeness (QED) is 0.444. The molecule has 0 bridgehead atoms. The largest absolute Gasteiger partial charge is 0.489 e. The van der Waals surface area contributed by atoms with Crippen LogP contribution in [0.2, 0.25) is 0 Å². The Bertz CT molecular complexity index is 1160. The van der Waals surface area contributed by atoms with Crippen LogP contribution in [0.3, 0.4) is 0 Å². The van der Waals surface area contributed by atoms with Crippen LogP contribution in [0.25, 0.3) is 10.9 Å². The van der Waals surface area contributed by atoms with Crippen molar-refractivity contribution in [1.82, 2.24) is 19.4 Å². The molecule has 1 saturated heterocycles. The molecule has 8 nitrogen and oxygen atoms in total. The Kier molecular flexibility index (Phi) is 6.24. The van der Waals surface area contributed by atoms with Gasteiger partial charge in [-0.15, -0.1) is 0 Å². The van der Waals surface area contributed by atoms with Crippen LogP contribution in [-0.4, -0.2) is 64.0 Å². The van der Waals surface area contributed by atoms with Crippen molar-refractivity contribution < 1.29 is 14.3 Å². The van der Waals surface area contributed by atoms with Gasteiger partial charge in [0, 0.05) is 24.8 Å². The van der Waals surface area contributed by atoms with E-state index in [1.165, 1.54) is 16.3 Å². The van der Waals surface area contributed by atoms with Gasteiger partial charge in [0.1, 0.15) is 18.5 Å². The van der Waals surface area contributed by atoms with Gasteiger partial charge < -0.3 is 14.4 Å². The minimum absolute atomic E-state index is 0.111. The summed E-state index contributed by atoms with van der Waals surface area (Å²) in [6.07, 6.45) is 3.31. The van der Waals surface area contributed by atoms with E-state index >= 15 is 0 Å². The van der Waals surface area contributed by atoms with Crippen LogP contribution in [0.15, 0.2) is 46.5 Å². The number of aryl methyl sites for hydroxylation is 1. The zero-order valence-corrected chi connectivity index (χ0v) is 18.5. The lowest BCUT2D eigenvalue weighted by atomic mass is 10.1. The minimum atomic E-state index is -0.229. The van der Waals surface area contributed by atoms with Gasteiger partial charge >= 0.3 is 0 Å². The predicted molar refractivity (Wildman–Crippen MR) is 119 cm³/mol. The summed E-state index contributed by atoms with van der Waals surface area (Å²) in [5, 5.41) is 1.10. The molecule has 0 radical (unpaired) electrons. The molecule has 2 aromatic heterocycles. The van der Waals surface area contributed by atoms with Crippen molar-refractivity contribution in [3.05, 3.63) is 58.1 Å². The van der Waals surface area contributed by atoms with Gasteiger partial charge in [0.2, 0.25) is 0 Å². The monoisotopic (exact) mass is 440 g/mol. The molecule has 162 valence electrons. The summed E-state index contributed by atoms with van der Waals surface area (Å²) in [7, 11) is 1.70. The third-order valence-electron chi connectivity index (χ3n) is 5.21. The van der Waals surface area contributed by atoms with E-state index in [0.717, 1.165) is 5.69 Å². The molecule has 1 aromatic carbocycles. The zero-order valence-electron chi connectivity index (χ0n) is 17.7. The third-order valence-corrected chi connectivity index (χ3v) is 5.94. The number of rotatable bonds is 5. The summed E-state index contributed by atoms with van der Waals surface area (Å²) in [6.45, 7) is 3.62. The summed E-state index contributed by atoms with van der Waals surface area (Å²) in [5.41, 5.74) is 1.83. The number of hydrogen-bond donors (Lipinski definition) is 0. The average Bonchev–Trinajstić information content (AvgIpc) is 2.80. The molecule has 3 heterocycles. The van der Waals surface area contributed by atoms with E-state index in [1.807, 2.05) is 25.3 Å². The molecule has 0 N–H and O–H groups in total. The van der Waals surface area contributed by atoms with Crippen molar-refractivity contribution in [2.75, 3.05) is 32.6 Å². The number of carbonyl (C=O) groups is 1. The highest BCUT2D eigenvalue weighted by Gasteiger charge is 2.26. The van der Waals surface area contributed by atoms with Crippen LogP contribution < -0.4 is 10.3 Å². The number of carbonyl (C=O) groups excluding carboxylic acids is 1. The van der Waals surface area contributed by atoms with E-state index in [4.69, 9.17) is 9.47 Å². The fourth-order valence-electron chi connectivity index (χ4n) is 3.48. The Morgan fingerprint density at radius 2 is 2.16 bits per heavy atom. The highest BCUT2D eigenvalue weighted by Crippen LogP contribution is 2.18. The summed E-state index contributed by atoms with van der Waals surface area (Å²) in [5.74, 6) is 0.560. The minimum Gasteiger partial charge on any atom is -0.489 e. The molecule has 3 aromatic rings. The molecule has 1 aliphatic rings. The van der Waals surface area contributed by atoms with Gasteiger partial charge in [0.25, 0.3) is 11.5 Å². The summed E-state index contributed by atoms with van der Waals surface area (Å²) < 4.78 is 13.1. The summed E-state index contributed by atoms with van der Waals surface area (Å²) in [6, 6.07) is 8.80. The number of ether oxygens (including phenoxy) is 2. The second-order valence-corrected chi connectivity index (χ2v) is 8.16. The van der Waals surface area contributed by atoms with Crippen LogP contribution in [0.5, 0.6) is 5.75 Å². The van der Waals surface area contributed by atoms with Crippen LogP contribution in [-0.2, 0) is 11.8 Å². The van der Waals surface area contributed by atoms with Gasteiger partial charge in [-0.05, 0) is 43.5 Å². The van der Waals surface area contributed by atoms with Gasteiger partial charge in [-0.3, -0.25) is 19.1 Å². The molecule has 9 heteroatoms. The number of benzene rings is 1. The van der Waals surface area contributed by atoms with Crippen molar-refractivity contribution >= 4 is 28.6 Å². The van der Waals surface area contributed by atoms with E-state index < -0.39 is 0 Å². The van der Waals surface area contributed by atoms with E-state index in [-0.39, 0.29) is 17.6 Å². The zero-order chi connectivity index (χ0) is 22.0. The van der Waals surface area contributed by atoms with Crippen LogP contribution in [0.4, 0.5) is 0 Å². The van der Waals surface area contributed by atoms with Crippen LogP contribution >= 0.6 is 11.8 Å². The standard InChI is InChI=1S/C22H24N4O4S/c1-14-4-6-16(11-23-14)30-13-17-12-26(8-9-29-17)20(27)15-5-7-18-19(10-15)24-22(31-3)25(2)21(18)28/h4-7,10-11,17H,8-9,12-13H2,1-3H3. The number of amides is 1. The van der Waals surface area contributed by atoms with Crippen molar-refractivity contribution in [3.8, 4) is 5.75 Å². The molecule has 0 spiro atoms. The fourth-order valence-corrected chi connectivity index (χ4v) is 4.03. The lowest BCUT2D eigenvalue weighted by molar-refractivity contribution is -0.0401. The summed E-state index contributed by atoms with van der Waals surface area (Å²) in [4.78, 5) is 36.1. The average molecular weight is 441 g/mol. The number of nitrogens with zero attached hydrogens (tertiary/aromatic N) is 4. The lowest BCUT2D eigenvalue weighted by Crippen LogP contribution is -2.47. The molecule has 1 atom stereocenters. The Labute approximate surface area is 184 Å². The van der Waals surface area contributed by atoms with Crippen LogP contribution in [0.1, 0.15) is 16.1 Å². The van der Waals surface area contributed by atoms with E-state index in [9.17, 15) is 9.59 Å². The first-order valence-electron chi connectivity index (χ1n) is 9.97. The third kappa shape index (κ3) is 4.57. The molecule has 0 saturated carbocycles. The molecular weight excluding hydrogens is 416 g/mol. The predicted octanol–water partition coefficient (Wildman–Crippen LogP) is 2.28. The van der Waals surface area contributed by atoms with Gasteiger partial charge in [-0.1, -0.05) is 11.8 Å². The molecular formula is C22H24N4O4S. The molecule has 31 heavy (non-hydrogen) atoms. The summed E-state index contributed by atoms with van der Waals surface area (Å²) >= 11 is 1.39. The van der Waals surface area contributed by atoms with Crippen LogP contribution in [0, 0.1) is 6.92 Å². The second-order valence-electron chi connectivity index (χ2n) is 7.38. The van der Waals surface area contributed by atoms with E-state index in [0.29, 0.717) is 53.7 Å². The Hall–Kier alpha value is -2.91. The van der Waals surface area contributed by atoms with Gasteiger partial charge in [0.05, 0.1) is 30.3 Å². The first-order valence-corrected chi connectivity index (χ1v) is 11.2. The first-order chi connectivity index (χ1) is 15.0. The normalized spacial score (nSPS) is 16.5. The lowest BCUT2D eigenvalue weighted by Gasteiger charge is -2.33. The highest BCUT2D eigenvalue weighted by molar-refractivity contribution is 7.98. The topological polar surface area (TPSA) is 86.6 Å². The first kappa shape index (κ1) is 21.3. The smallest absolute Gasteiger partial charge is 0.261 e. The number of aromatic nitrogens is 3. The molecule has 1 amide bonds. The number of hydrogen-bond acceptors (Lipinski definition) is 7. The maximum Gasteiger partial charge on any atom is 0.261 e. The number of fused-ring (bicyclic) bond motifs is 1. The number of thioether (sulfide) groups is 1. The van der Waals surface area contributed by atoms with Crippen molar-refractivity contribution in [1.29, 1.82) is 0 Å². The van der Waals surface area contributed by atoms with Crippen molar-refractivity contribution in [2.45, 2.75) is 18.2 Å². The molecule has 0 aliphatic carbocycles. The van der Waals surface area contributed by atoms with E-state index in [2.05, 4.69) is 9.97 Å². The molecule has 1 aliphatic heterocycles. The molecule has 1 fully saturated rings. The van der Waals surface area contributed by atoms with Crippen molar-refractivity contribution in [3.63, 3.8) is 0 Å². The second kappa shape index (κ2) is 9.07. The fraction of sp³-hybridized carbons (Fsp3) is 0.364. The van der Waals surface area contributed by atoms with Gasteiger partial charge in [-0.25, -0.2) is 4.98 Å². The van der Waals surface area contributed by atoms with E-state index in [1.54, 1.807) is 36.3 Å². The highest BCUT2D eigenvalue weighted by atomic mass is 32.2. The number of pyridine rings is 1. The van der Waals surface area contributed by atoms with Crippen molar-refractivity contribution in [2.24, 2.45) is 7.05 Å². The molecule has 4 rings (SSSR count). The Morgan fingerprint density at radius 1 is 1.32 bits per heavy atom. The maximum absolute atomic E-state index is 13.1. The number of morpholine rings is 1. The Morgan fingerprint density at radius 3 is 2.90 bits per heavy atom. The SMILES string of the molecule is CSc1nc2cc(C(=O)N3CCOC(COc4ccc(C)nc4)C3)ccc2c(=O)n1C. The van der Waals surface area contributed by atoms with Gasteiger partial charge in [0.15, 0.2) is 5.16 Å². The Balaban J connectivity index is 1.48. The maximum atomic E-state index is 13.1. The van der Waals surface area contributed by atoms with Gasteiger partial charge in [-0.2, -0.15) is 0 Å².